The zero-order valence-corrected chi connectivity index (χ0v) is 20.6. The first kappa shape index (κ1) is 26.3. The fraction of sp³-hybridized carbons (Fsp3) is 0.308. The van der Waals surface area contributed by atoms with Crippen molar-refractivity contribution in [2.45, 2.75) is 27.3 Å². The van der Waals surface area contributed by atoms with Gasteiger partial charge in [0.15, 0.2) is 5.69 Å². The molecule has 1 aromatic heterocycles. The molecule has 2 aromatic carbocycles. The molecule has 0 fully saturated rings. The number of aromatic amines is 1. The molecule has 10 nitrogen and oxygen atoms in total. The number of anilines is 3. The Kier molecular flexibility index (Phi) is 8.66. The average molecular weight is 494 g/mol. The molecule has 10 heteroatoms. The molecule has 0 aliphatic carbocycles. The van der Waals surface area contributed by atoms with E-state index < -0.39 is 23.1 Å². The molecule has 0 radical (unpaired) electrons. The number of nitrogens with two attached hydrogens (primary N) is 1. The number of amides is 1. The lowest BCUT2D eigenvalue weighted by molar-refractivity contribution is -0.117. The summed E-state index contributed by atoms with van der Waals surface area (Å²) >= 11 is 0. The molecule has 0 bridgehead atoms. The van der Waals surface area contributed by atoms with Crippen LogP contribution < -0.4 is 27.2 Å². The van der Waals surface area contributed by atoms with Gasteiger partial charge in [0.1, 0.15) is 5.82 Å². The summed E-state index contributed by atoms with van der Waals surface area (Å²) in [4.78, 5) is 54.0. The lowest BCUT2D eigenvalue weighted by Crippen LogP contribution is -2.44. The zero-order valence-electron chi connectivity index (χ0n) is 20.6. The Morgan fingerprint density at radius 2 is 1.75 bits per heavy atom. The highest BCUT2D eigenvalue weighted by Crippen LogP contribution is 2.20. The van der Waals surface area contributed by atoms with E-state index >= 15 is 0 Å². The van der Waals surface area contributed by atoms with Crippen LogP contribution in [0.3, 0.4) is 0 Å². The van der Waals surface area contributed by atoms with E-state index in [4.69, 9.17) is 10.5 Å². The predicted molar refractivity (Wildman–Crippen MR) is 139 cm³/mol. The number of nitrogens with one attached hydrogen (secondary N) is 2. The predicted octanol–water partition coefficient (Wildman–Crippen LogP) is 2.44. The Morgan fingerprint density at radius 1 is 1.08 bits per heavy atom. The highest BCUT2D eigenvalue weighted by molar-refractivity contribution is 5.98. The molecule has 0 saturated heterocycles. The van der Waals surface area contributed by atoms with Crippen molar-refractivity contribution in [3.05, 3.63) is 86.6 Å². The lowest BCUT2D eigenvalue weighted by Gasteiger charge is -2.26. The number of benzene rings is 2. The Labute approximate surface area is 208 Å². The van der Waals surface area contributed by atoms with E-state index in [1.165, 1.54) is 9.47 Å². The van der Waals surface area contributed by atoms with E-state index in [0.29, 0.717) is 11.3 Å². The van der Waals surface area contributed by atoms with Crippen LogP contribution in [0, 0.1) is 5.92 Å². The van der Waals surface area contributed by atoms with Crippen LogP contribution in [0.25, 0.3) is 0 Å². The molecule has 0 atom stereocenters. The summed E-state index contributed by atoms with van der Waals surface area (Å²) in [7, 11) is 0. The molecule has 36 heavy (non-hydrogen) atoms. The van der Waals surface area contributed by atoms with Crippen LogP contribution in [0.4, 0.5) is 17.2 Å². The van der Waals surface area contributed by atoms with Crippen LogP contribution in [-0.2, 0) is 16.1 Å². The Bertz CT molecular complexity index is 1310. The lowest BCUT2D eigenvalue weighted by atomic mass is 10.2. The fourth-order valence-corrected chi connectivity index (χ4v) is 3.66. The molecule has 4 N–H and O–H groups in total. The van der Waals surface area contributed by atoms with Crippen LogP contribution >= 0.6 is 0 Å². The summed E-state index contributed by atoms with van der Waals surface area (Å²) in [5, 5.41) is 3.01. The molecule has 3 rings (SSSR count). The Balaban J connectivity index is 1.86. The second kappa shape index (κ2) is 11.9. The Hall–Kier alpha value is -4.34. The van der Waals surface area contributed by atoms with Crippen molar-refractivity contribution in [1.82, 2.24) is 9.55 Å². The number of hydrogen-bond acceptors (Lipinski definition) is 7. The van der Waals surface area contributed by atoms with E-state index in [2.05, 4.69) is 10.3 Å². The van der Waals surface area contributed by atoms with Gasteiger partial charge in [0.2, 0.25) is 5.91 Å². The molecular formula is C26H31N5O5. The molecule has 1 heterocycles. The summed E-state index contributed by atoms with van der Waals surface area (Å²) < 4.78 is 6.22. The van der Waals surface area contributed by atoms with Gasteiger partial charge in [0, 0.05) is 12.2 Å². The van der Waals surface area contributed by atoms with Crippen molar-refractivity contribution in [1.29, 1.82) is 0 Å². The minimum absolute atomic E-state index is 0.0195. The number of ether oxygens (including phenoxy) is 1. The van der Waals surface area contributed by atoms with Crippen molar-refractivity contribution >= 4 is 29.1 Å². The quantitative estimate of drug-likeness (QED) is 0.369. The van der Waals surface area contributed by atoms with Crippen LogP contribution in [-0.4, -0.2) is 41.1 Å². The van der Waals surface area contributed by atoms with Crippen LogP contribution in [0.5, 0.6) is 0 Å². The van der Waals surface area contributed by atoms with Gasteiger partial charge in [-0.1, -0.05) is 44.2 Å². The van der Waals surface area contributed by atoms with Crippen LogP contribution in [0.1, 0.15) is 36.7 Å². The third kappa shape index (κ3) is 6.41. The monoisotopic (exact) mass is 493 g/mol. The molecule has 0 unspecified atom stereocenters. The number of rotatable bonds is 10. The van der Waals surface area contributed by atoms with Gasteiger partial charge in [0.05, 0.1) is 25.3 Å². The molecular weight excluding hydrogens is 462 g/mol. The average Bonchev–Trinajstić information content (AvgIpc) is 2.85. The second-order valence-electron chi connectivity index (χ2n) is 8.61. The summed E-state index contributed by atoms with van der Waals surface area (Å²) in [5.74, 6) is -0.893. The number of aromatic nitrogens is 2. The minimum Gasteiger partial charge on any atom is -0.462 e. The molecule has 0 spiro atoms. The molecule has 0 aliphatic rings. The second-order valence-corrected chi connectivity index (χ2v) is 8.61. The van der Waals surface area contributed by atoms with E-state index in [1.807, 2.05) is 44.2 Å². The summed E-state index contributed by atoms with van der Waals surface area (Å²) in [5.41, 5.74) is 6.69. The van der Waals surface area contributed by atoms with Gasteiger partial charge < -0.3 is 20.7 Å². The number of esters is 1. The summed E-state index contributed by atoms with van der Waals surface area (Å²) in [6.45, 7) is 6.05. The summed E-state index contributed by atoms with van der Waals surface area (Å²) in [6, 6.07) is 15.7. The maximum Gasteiger partial charge on any atom is 0.338 e. The zero-order chi connectivity index (χ0) is 26.2. The maximum absolute atomic E-state index is 13.3. The van der Waals surface area contributed by atoms with E-state index in [0.717, 1.165) is 5.56 Å². The third-order valence-corrected chi connectivity index (χ3v) is 5.36. The number of hydrogen-bond donors (Lipinski definition) is 3. The first-order chi connectivity index (χ1) is 17.2. The van der Waals surface area contributed by atoms with Gasteiger partial charge in [-0.25, -0.2) is 9.59 Å². The highest BCUT2D eigenvalue weighted by Gasteiger charge is 2.25. The smallest absolute Gasteiger partial charge is 0.338 e. The van der Waals surface area contributed by atoms with Crippen molar-refractivity contribution in [3.8, 4) is 0 Å². The van der Waals surface area contributed by atoms with E-state index in [-0.39, 0.29) is 43.7 Å². The Morgan fingerprint density at radius 3 is 2.36 bits per heavy atom. The van der Waals surface area contributed by atoms with Gasteiger partial charge in [-0.2, -0.15) is 0 Å². The number of nitrogen functional groups attached to an aromatic ring is 1. The van der Waals surface area contributed by atoms with Gasteiger partial charge >= 0.3 is 11.7 Å². The first-order valence-corrected chi connectivity index (χ1v) is 11.7. The van der Waals surface area contributed by atoms with Gasteiger partial charge in [0.25, 0.3) is 5.56 Å². The topological polar surface area (TPSA) is 140 Å². The standard InChI is InChI=1S/C26H31N5O5/c1-4-36-25(34)19-10-12-20(13-11-19)28-14-21(32)30(15-17(2)3)22-23(27)31(26(35)29-24(22)33)16-18-8-6-5-7-9-18/h5-13,17,28H,4,14-16,27H2,1-3H3,(H,29,33,35). The van der Waals surface area contributed by atoms with Crippen molar-refractivity contribution in [2.24, 2.45) is 5.92 Å². The number of nitrogens with zero attached hydrogens (tertiary/aromatic N) is 2. The van der Waals surface area contributed by atoms with Gasteiger partial charge in [-0.15, -0.1) is 0 Å². The van der Waals surface area contributed by atoms with Crippen molar-refractivity contribution < 1.29 is 14.3 Å². The van der Waals surface area contributed by atoms with E-state index in [1.54, 1.807) is 31.2 Å². The van der Waals surface area contributed by atoms with E-state index in [9.17, 15) is 19.2 Å². The minimum atomic E-state index is -0.727. The largest absolute Gasteiger partial charge is 0.462 e. The number of carbonyl (C=O) groups is 2. The highest BCUT2D eigenvalue weighted by atomic mass is 16.5. The van der Waals surface area contributed by atoms with Crippen LogP contribution in [0.15, 0.2) is 64.2 Å². The van der Waals surface area contributed by atoms with Crippen molar-refractivity contribution in [2.75, 3.05) is 35.6 Å². The third-order valence-electron chi connectivity index (χ3n) is 5.36. The van der Waals surface area contributed by atoms with Gasteiger partial charge in [-0.05, 0) is 42.7 Å². The van der Waals surface area contributed by atoms with Crippen molar-refractivity contribution in [3.63, 3.8) is 0 Å². The number of carbonyl (C=O) groups excluding carboxylic acids is 2. The van der Waals surface area contributed by atoms with Crippen LogP contribution in [0.2, 0.25) is 0 Å². The number of H-pyrrole nitrogens is 1. The van der Waals surface area contributed by atoms with Gasteiger partial charge in [-0.3, -0.25) is 19.1 Å². The molecule has 0 aliphatic heterocycles. The molecule has 190 valence electrons. The molecule has 3 aromatic rings. The maximum atomic E-state index is 13.3. The molecule has 0 saturated carbocycles. The first-order valence-electron chi connectivity index (χ1n) is 11.7. The molecule has 1 amide bonds. The summed E-state index contributed by atoms with van der Waals surface area (Å²) in [6.07, 6.45) is 0. The normalized spacial score (nSPS) is 10.8. The SMILES string of the molecule is CCOC(=O)c1ccc(NCC(=O)N(CC(C)C)c2c(N)n(Cc3ccccc3)c(=O)[nH]c2=O)cc1. The fourth-order valence-electron chi connectivity index (χ4n) is 3.66.